The number of esters is 2. The first-order chi connectivity index (χ1) is 16.3. The van der Waals surface area contributed by atoms with Crippen molar-refractivity contribution in [2.75, 3.05) is 13.2 Å². The number of imidazole rings is 1. The zero-order valence-corrected chi connectivity index (χ0v) is 22.7. The molecule has 2 aromatic rings. The fourth-order valence-corrected chi connectivity index (χ4v) is 3.05. The van der Waals surface area contributed by atoms with Crippen LogP contribution in [0.4, 0.5) is 0 Å². The smallest absolute Gasteiger partial charge is 0.317 e. The van der Waals surface area contributed by atoms with E-state index in [9.17, 15) is 9.59 Å². The van der Waals surface area contributed by atoms with E-state index in [0.29, 0.717) is 0 Å². The summed E-state index contributed by atoms with van der Waals surface area (Å²) in [4.78, 5) is 25.5. The second-order valence-electron chi connectivity index (χ2n) is 11.1. The summed E-state index contributed by atoms with van der Waals surface area (Å²) >= 11 is 0. The molecule has 0 aliphatic rings. The number of carbonyl (C=O) groups is 2. The van der Waals surface area contributed by atoms with Gasteiger partial charge in [-0.05, 0) is 66.0 Å². The monoisotopic (exact) mass is 487 g/mol. The molecule has 1 atom stereocenters. The van der Waals surface area contributed by atoms with Crippen LogP contribution in [0.25, 0.3) is 0 Å². The molecule has 0 N–H and O–H groups in total. The minimum Gasteiger partial charge on any atom is -0.464 e. The zero-order valence-electron chi connectivity index (χ0n) is 22.7. The number of ether oxygens (including phenoxy) is 3. The van der Waals surface area contributed by atoms with Crippen LogP contribution in [0.1, 0.15) is 72.9 Å². The van der Waals surface area contributed by atoms with Crippen molar-refractivity contribution >= 4 is 11.9 Å². The standard InChI is InChI=1S/C28H43N2O5/c1-9-27(6,7)35-20-28(8,19-34-24(31)26(3,4)5)25(32)33-18-23-13-11-22(12-14-23)17-30-16-15-29(10-2)21-30/h11-16,21H,9-10,17-20H2,1-8H3/q+1. The molecule has 0 bridgehead atoms. The summed E-state index contributed by atoms with van der Waals surface area (Å²) in [5.74, 6) is -0.819. The van der Waals surface area contributed by atoms with Crippen molar-refractivity contribution < 1.29 is 28.4 Å². The average Bonchev–Trinajstić information content (AvgIpc) is 3.27. The summed E-state index contributed by atoms with van der Waals surface area (Å²) in [6.45, 7) is 17.0. The molecule has 1 heterocycles. The van der Waals surface area contributed by atoms with E-state index in [-0.39, 0.29) is 25.8 Å². The summed E-state index contributed by atoms with van der Waals surface area (Å²) < 4.78 is 21.4. The van der Waals surface area contributed by atoms with Gasteiger partial charge in [-0.1, -0.05) is 31.2 Å². The second-order valence-corrected chi connectivity index (χ2v) is 11.1. The largest absolute Gasteiger partial charge is 0.464 e. The maximum Gasteiger partial charge on any atom is 0.317 e. The molecule has 1 aromatic carbocycles. The molecule has 0 aliphatic carbocycles. The molecule has 0 amide bonds. The number of aryl methyl sites for hydroxylation is 1. The second kappa shape index (κ2) is 11.8. The van der Waals surface area contributed by atoms with E-state index in [1.807, 2.05) is 51.2 Å². The van der Waals surface area contributed by atoms with Gasteiger partial charge < -0.3 is 14.2 Å². The van der Waals surface area contributed by atoms with E-state index in [1.165, 1.54) is 0 Å². The number of benzene rings is 1. The van der Waals surface area contributed by atoms with Gasteiger partial charge in [0.1, 0.15) is 37.6 Å². The van der Waals surface area contributed by atoms with Crippen LogP contribution >= 0.6 is 0 Å². The maximum absolute atomic E-state index is 13.1. The Hall–Kier alpha value is -2.67. The van der Waals surface area contributed by atoms with Crippen molar-refractivity contribution in [2.24, 2.45) is 10.8 Å². The Labute approximate surface area is 210 Å². The van der Waals surface area contributed by atoms with E-state index in [1.54, 1.807) is 27.7 Å². The Kier molecular flexibility index (Phi) is 9.67. The third kappa shape index (κ3) is 8.80. The molecule has 0 saturated heterocycles. The lowest BCUT2D eigenvalue weighted by molar-refractivity contribution is -0.687. The minimum absolute atomic E-state index is 0.0949. The highest BCUT2D eigenvalue weighted by molar-refractivity contribution is 5.79. The van der Waals surface area contributed by atoms with Gasteiger partial charge in [0.2, 0.25) is 6.33 Å². The van der Waals surface area contributed by atoms with Crippen LogP contribution in [-0.4, -0.2) is 35.3 Å². The van der Waals surface area contributed by atoms with Gasteiger partial charge in [-0.25, -0.2) is 9.13 Å². The highest BCUT2D eigenvalue weighted by Gasteiger charge is 2.40. The lowest BCUT2D eigenvalue weighted by atomic mass is 9.91. The number of hydrogen-bond donors (Lipinski definition) is 0. The molecular formula is C28H43N2O5+. The van der Waals surface area contributed by atoms with Crippen molar-refractivity contribution in [2.45, 2.75) is 87.1 Å². The summed E-state index contributed by atoms with van der Waals surface area (Å²) in [5.41, 5.74) is -0.124. The van der Waals surface area contributed by atoms with Gasteiger partial charge in [0.05, 0.1) is 24.2 Å². The molecule has 0 radical (unpaired) electrons. The number of hydrogen-bond acceptors (Lipinski definition) is 5. The average molecular weight is 488 g/mol. The molecule has 7 heteroatoms. The first kappa shape index (κ1) is 28.6. The van der Waals surface area contributed by atoms with Crippen molar-refractivity contribution in [3.05, 3.63) is 54.1 Å². The van der Waals surface area contributed by atoms with E-state index < -0.39 is 22.4 Å². The molecule has 0 fully saturated rings. The molecule has 1 unspecified atom stereocenters. The molecule has 194 valence electrons. The predicted molar refractivity (Wildman–Crippen MR) is 134 cm³/mol. The Morgan fingerprint density at radius 1 is 0.886 bits per heavy atom. The molecule has 35 heavy (non-hydrogen) atoms. The lowest BCUT2D eigenvalue weighted by Gasteiger charge is -2.32. The van der Waals surface area contributed by atoms with Gasteiger partial charge in [-0.3, -0.25) is 9.59 Å². The van der Waals surface area contributed by atoms with Crippen LogP contribution in [0.3, 0.4) is 0 Å². The number of aromatic nitrogens is 2. The Balaban J connectivity index is 2.02. The van der Waals surface area contributed by atoms with Gasteiger partial charge in [0.15, 0.2) is 0 Å². The normalized spacial score (nSPS) is 13.8. The molecule has 1 aromatic heterocycles. The fourth-order valence-electron chi connectivity index (χ4n) is 3.05. The Bertz CT molecular complexity index is 972. The fraction of sp³-hybridized carbons (Fsp3) is 0.607. The third-order valence-electron chi connectivity index (χ3n) is 6.13. The summed E-state index contributed by atoms with van der Waals surface area (Å²) in [6.07, 6.45) is 6.96. The number of carbonyl (C=O) groups excluding carboxylic acids is 2. The highest BCUT2D eigenvalue weighted by Crippen LogP contribution is 2.27. The van der Waals surface area contributed by atoms with Crippen molar-refractivity contribution in [3.8, 4) is 0 Å². The topological polar surface area (TPSA) is 70.6 Å². The predicted octanol–water partition coefficient (Wildman–Crippen LogP) is 4.69. The first-order valence-electron chi connectivity index (χ1n) is 12.4. The van der Waals surface area contributed by atoms with Crippen molar-refractivity contribution in [1.29, 1.82) is 0 Å². The van der Waals surface area contributed by atoms with Crippen LogP contribution in [0.5, 0.6) is 0 Å². The Morgan fingerprint density at radius 3 is 2.06 bits per heavy atom. The van der Waals surface area contributed by atoms with Crippen molar-refractivity contribution in [3.63, 3.8) is 0 Å². The number of rotatable bonds is 12. The zero-order chi connectivity index (χ0) is 26.3. The molecule has 0 aliphatic heterocycles. The summed E-state index contributed by atoms with van der Waals surface area (Å²) in [5, 5.41) is 0. The van der Waals surface area contributed by atoms with Crippen molar-refractivity contribution in [1.82, 2.24) is 4.57 Å². The summed E-state index contributed by atoms with van der Waals surface area (Å²) in [7, 11) is 0. The molecule has 0 saturated carbocycles. The van der Waals surface area contributed by atoms with Gasteiger partial charge in [-0.2, -0.15) is 0 Å². The van der Waals surface area contributed by atoms with Crippen LogP contribution in [0.2, 0.25) is 0 Å². The van der Waals surface area contributed by atoms with Gasteiger partial charge >= 0.3 is 11.9 Å². The summed E-state index contributed by atoms with van der Waals surface area (Å²) in [6, 6.07) is 8.01. The van der Waals surface area contributed by atoms with Gasteiger partial charge in [0.25, 0.3) is 0 Å². The third-order valence-corrected chi connectivity index (χ3v) is 6.13. The minimum atomic E-state index is -1.11. The molecule has 2 rings (SSSR count). The molecule has 7 nitrogen and oxygen atoms in total. The van der Waals surface area contributed by atoms with Crippen LogP contribution in [0.15, 0.2) is 43.0 Å². The maximum atomic E-state index is 13.1. The van der Waals surface area contributed by atoms with Crippen LogP contribution < -0.4 is 4.57 Å². The van der Waals surface area contributed by atoms with E-state index in [2.05, 4.69) is 28.6 Å². The quantitative estimate of drug-likeness (QED) is 0.321. The SMILES string of the molecule is CCn1cc[n+](Cc2ccc(COC(=O)C(C)(COC(=O)C(C)(C)C)COC(C)(C)CC)cc2)c1. The van der Waals surface area contributed by atoms with Crippen LogP contribution in [-0.2, 0) is 43.5 Å². The molecule has 0 spiro atoms. The van der Waals surface area contributed by atoms with E-state index >= 15 is 0 Å². The van der Waals surface area contributed by atoms with Gasteiger partial charge in [-0.15, -0.1) is 0 Å². The first-order valence-corrected chi connectivity index (χ1v) is 12.4. The van der Waals surface area contributed by atoms with Crippen LogP contribution in [0, 0.1) is 10.8 Å². The number of nitrogens with zero attached hydrogens (tertiary/aromatic N) is 2. The molecular weight excluding hydrogens is 444 g/mol. The van der Waals surface area contributed by atoms with E-state index in [4.69, 9.17) is 14.2 Å². The lowest BCUT2D eigenvalue weighted by Crippen LogP contribution is -2.43. The van der Waals surface area contributed by atoms with E-state index in [0.717, 1.165) is 30.6 Å². The Morgan fingerprint density at radius 2 is 1.51 bits per heavy atom. The highest BCUT2D eigenvalue weighted by atomic mass is 16.6. The van der Waals surface area contributed by atoms with Gasteiger partial charge in [0, 0.05) is 0 Å².